The number of carbonyl (C=O) groups excluding carboxylic acids is 1. The van der Waals surface area contributed by atoms with E-state index in [-0.39, 0.29) is 18.2 Å². The van der Waals surface area contributed by atoms with E-state index >= 15 is 0 Å². The van der Waals surface area contributed by atoms with Gasteiger partial charge in [-0.3, -0.25) is 4.79 Å². The van der Waals surface area contributed by atoms with Crippen LogP contribution in [-0.4, -0.2) is 51.7 Å². The first-order valence-corrected chi connectivity index (χ1v) is 11.1. The summed E-state index contributed by atoms with van der Waals surface area (Å²) in [6, 6.07) is 12.6. The van der Waals surface area contributed by atoms with Crippen LogP contribution in [0.2, 0.25) is 0 Å². The number of methoxy groups -OCH3 is 2. The molecule has 3 rings (SSSR count). The van der Waals surface area contributed by atoms with Gasteiger partial charge >= 0.3 is 0 Å². The lowest BCUT2D eigenvalue weighted by atomic mass is 10.0. The number of nitrogens with zero attached hydrogens (tertiary/aromatic N) is 1. The van der Waals surface area contributed by atoms with Gasteiger partial charge in [-0.05, 0) is 54.3 Å². The van der Waals surface area contributed by atoms with Crippen LogP contribution in [0.15, 0.2) is 42.5 Å². The number of carbonyl (C=O) groups is 1. The van der Waals surface area contributed by atoms with Gasteiger partial charge in [0.1, 0.15) is 11.5 Å². The van der Waals surface area contributed by atoms with E-state index in [9.17, 15) is 13.2 Å². The fourth-order valence-corrected chi connectivity index (χ4v) is 4.79. The first-order valence-electron chi connectivity index (χ1n) is 9.49. The maximum absolute atomic E-state index is 12.7. The van der Waals surface area contributed by atoms with Gasteiger partial charge in [0.2, 0.25) is 10.0 Å². The third-order valence-corrected chi connectivity index (χ3v) is 6.88. The Labute approximate surface area is 171 Å². The van der Waals surface area contributed by atoms with Gasteiger partial charge in [-0.1, -0.05) is 12.1 Å². The van der Waals surface area contributed by atoms with Crippen LogP contribution in [0.5, 0.6) is 11.5 Å². The molecule has 0 aromatic heterocycles. The van der Waals surface area contributed by atoms with Crippen molar-refractivity contribution in [3.63, 3.8) is 0 Å². The third kappa shape index (κ3) is 5.27. The van der Waals surface area contributed by atoms with Crippen LogP contribution in [0.25, 0.3) is 0 Å². The number of hydrogen-bond donors (Lipinski definition) is 1. The molecule has 0 radical (unpaired) electrons. The zero-order chi connectivity index (χ0) is 20.9. The summed E-state index contributed by atoms with van der Waals surface area (Å²) in [6.07, 6.45) is 1.02. The van der Waals surface area contributed by atoms with Crippen LogP contribution >= 0.6 is 0 Å². The summed E-state index contributed by atoms with van der Waals surface area (Å²) >= 11 is 0. The summed E-state index contributed by atoms with van der Waals surface area (Å²) in [4.78, 5) is 12.2. The van der Waals surface area contributed by atoms with Crippen molar-refractivity contribution >= 4 is 15.9 Å². The number of nitrogens with one attached hydrogen (secondary N) is 1. The van der Waals surface area contributed by atoms with Crippen molar-refractivity contribution < 1.29 is 22.7 Å². The SMILES string of the molecule is COc1cccc(C(=O)NCCCS(=O)(=O)N2CCc3cc(OC)ccc3C2)c1. The Bertz CT molecular complexity index is 975. The first-order chi connectivity index (χ1) is 13.9. The summed E-state index contributed by atoms with van der Waals surface area (Å²) in [5.41, 5.74) is 2.61. The average molecular weight is 419 g/mol. The predicted octanol–water partition coefficient (Wildman–Crippen LogP) is 2.21. The van der Waals surface area contributed by atoms with Crippen molar-refractivity contribution in [2.24, 2.45) is 0 Å². The number of ether oxygens (including phenoxy) is 2. The highest BCUT2D eigenvalue weighted by Crippen LogP contribution is 2.25. The summed E-state index contributed by atoms with van der Waals surface area (Å²) in [6.45, 7) is 1.12. The predicted molar refractivity (Wildman–Crippen MR) is 111 cm³/mol. The average Bonchev–Trinajstić information content (AvgIpc) is 2.75. The van der Waals surface area contributed by atoms with Crippen LogP contribution in [0.4, 0.5) is 0 Å². The van der Waals surface area contributed by atoms with Gasteiger partial charge in [0, 0.05) is 25.2 Å². The number of rotatable bonds is 8. The van der Waals surface area contributed by atoms with E-state index in [1.807, 2.05) is 18.2 Å². The van der Waals surface area contributed by atoms with Crippen molar-refractivity contribution in [3.05, 3.63) is 59.2 Å². The molecule has 8 heteroatoms. The second-order valence-electron chi connectivity index (χ2n) is 6.88. The van der Waals surface area contributed by atoms with E-state index in [1.165, 1.54) is 11.4 Å². The van der Waals surface area contributed by atoms with Crippen molar-refractivity contribution in [2.45, 2.75) is 19.4 Å². The van der Waals surface area contributed by atoms with Crippen molar-refractivity contribution in [1.29, 1.82) is 0 Å². The van der Waals surface area contributed by atoms with Crippen molar-refractivity contribution in [1.82, 2.24) is 9.62 Å². The van der Waals surface area contributed by atoms with E-state index in [1.54, 1.807) is 31.4 Å². The molecule has 1 N–H and O–H groups in total. The minimum atomic E-state index is -3.38. The molecule has 0 atom stereocenters. The second-order valence-corrected chi connectivity index (χ2v) is 8.96. The van der Waals surface area contributed by atoms with Crippen molar-refractivity contribution in [2.75, 3.05) is 33.1 Å². The summed E-state index contributed by atoms with van der Waals surface area (Å²) < 4.78 is 37.2. The molecule has 0 bridgehead atoms. The van der Waals surface area contributed by atoms with Gasteiger partial charge < -0.3 is 14.8 Å². The summed E-state index contributed by atoms with van der Waals surface area (Å²) in [5, 5.41) is 2.76. The fourth-order valence-electron chi connectivity index (χ4n) is 3.32. The van der Waals surface area contributed by atoms with Crippen LogP contribution in [0.1, 0.15) is 27.9 Å². The first kappa shape index (κ1) is 21.1. The normalized spacial score (nSPS) is 14.1. The lowest BCUT2D eigenvalue weighted by Crippen LogP contribution is -2.38. The Morgan fingerprint density at radius 2 is 1.83 bits per heavy atom. The molecular weight excluding hydrogens is 392 g/mol. The Balaban J connectivity index is 1.50. The molecule has 0 fully saturated rings. The smallest absolute Gasteiger partial charge is 0.251 e. The molecule has 156 valence electrons. The molecule has 0 aliphatic carbocycles. The zero-order valence-corrected chi connectivity index (χ0v) is 17.5. The van der Waals surface area contributed by atoms with Gasteiger partial charge in [-0.2, -0.15) is 4.31 Å². The molecule has 7 nitrogen and oxygen atoms in total. The van der Waals surface area contributed by atoms with Gasteiger partial charge in [0.15, 0.2) is 0 Å². The highest BCUT2D eigenvalue weighted by atomic mass is 32.2. The van der Waals surface area contributed by atoms with Gasteiger partial charge in [0.05, 0.1) is 20.0 Å². The summed E-state index contributed by atoms with van der Waals surface area (Å²) in [5.74, 6) is 1.13. The number of hydrogen-bond acceptors (Lipinski definition) is 5. The Hall–Kier alpha value is -2.58. The van der Waals surface area contributed by atoms with E-state index in [2.05, 4.69) is 5.32 Å². The van der Waals surface area contributed by atoms with Crippen LogP contribution in [0, 0.1) is 0 Å². The van der Waals surface area contributed by atoms with Crippen LogP contribution in [0.3, 0.4) is 0 Å². The molecule has 0 spiro atoms. The molecule has 2 aromatic rings. The Morgan fingerprint density at radius 3 is 2.59 bits per heavy atom. The van der Waals surface area contributed by atoms with E-state index in [4.69, 9.17) is 9.47 Å². The van der Waals surface area contributed by atoms with Gasteiger partial charge in [0.25, 0.3) is 5.91 Å². The standard InChI is InChI=1S/C21H26N2O5S/c1-27-19-6-3-5-17(14-19)21(24)22-10-4-12-29(25,26)23-11-9-16-13-20(28-2)8-7-18(16)15-23/h3,5-8,13-14H,4,9-12,15H2,1-2H3,(H,22,24). The quantitative estimate of drug-likeness (QED) is 0.665. The van der Waals surface area contributed by atoms with Gasteiger partial charge in [-0.25, -0.2) is 8.42 Å². The maximum Gasteiger partial charge on any atom is 0.251 e. The minimum Gasteiger partial charge on any atom is -0.497 e. The lowest BCUT2D eigenvalue weighted by molar-refractivity contribution is 0.0953. The van der Waals surface area contributed by atoms with E-state index in [0.717, 1.165) is 16.9 Å². The third-order valence-electron chi connectivity index (χ3n) is 4.98. The molecule has 0 saturated carbocycles. The van der Waals surface area contributed by atoms with Crippen LogP contribution < -0.4 is 14.8 Å². The molecule has 1 heterocycles. The summed E-state index contributed by atoms with van der Waals surface area (Å²) in [7, 11) is -0.226. The lowest BCUT2D eigenvalue weighted by Gasteiger charge is -2.28. The molecule has 2 aromatic carbocycles. The number of fused-ring (bicyclic) bond motifs is 1. The number of sulfonamides is 1. The molecule has 29 heavy (non-hydrogen) atoms. The topological polar surface area (TPSA) is 84.9 Å². The maximum atomic E-state index is 12.7. The van der Waals surface area contributed by atoms with E-state index < -0.39 is 10.0 Å². The molecular formula is C21H26N2O5S. The highest BCUT2D eigenvalue weighted by molar-refractivity contribution is 7.89. The molecule has 1 amide bonds. The number of benzene rings is 2. The Morgan fingerprint density at radius 1 is 1.07 bits per heavy atom. The zero-order valence-electron chi connectivity index (χ0n) is 16.7. The largest absolute Gasteiger partial charge is 0.497 e. The molecule has 0 saturated heterocycles. The molecule has 1 aliphatic heterocycles. The molecule has 0 unspecified atom stereocenters. The minimum absolute atomic E-state index is 0.00310. The number of amides is 1. The molecule has 1 aliphatic rings. The van der Waals surface area contributed by atoms with E-state index in [0.29, 0.717) is 37.2 Å². The monoisotopic (exact) mass is 418 g/mol. The highest BCUT2D eigenvalue weighted by Gasteiger charge is 2.26. The Kier molecular flexibility index (Phi) is 6.76. The van der Waals surface area contributed by atoms with Crippen LogP contribution in [-0.2, 0) is 23.0 Å². The van der Waals surface area contributed by atoms with Crippen molar-refractivity contribution in [3.8, 4) is 11.5 Å². The van der Waals surface area contributed by atoms with Gasteiger partial charge in [-0.15, -0.1) is 0 Å². The second kappa shape index (κ2) is 9.28. The fraction of sp³-hybridized carbons (Fsp3) is 0.381.